The first kappa shape index (κ1) is 8.44. The van der Waals surface area contributed by atoms with Crippen LogP contribution in [-0.2, 0) is 0 Å². The Labute approximate surface area is 77.2 Å². The molecule has 1 aliphatic heterocycles. The number of halogens is 1. The molecule has 1 N–H and O–H groups in total. The average molecular weight is 234 g/mol. The van der Waals surface area contributed by atoms with Gasteiger partial charge in [0.15, 0.2) is 0 Å². The quantitative estimate of drug-likeness (QED) is 0.552. The van der Waals surface area contributed by atoms with Crippen molar-refractivity contribution in [2.45, 2.75) is 0 Å². The molecular formula is C4H4BrN5S. The highest BCUT2D eigenvalue weighted by Crippen LogP contribution is 2.04. The van der Waals surface area contributed by atoms with E-state index in [-0.39, 0.29) is 17.0 Å². The van der Waals surface area contributed by atoms with Crippen molar-refractivity contribution < 1.29 is 22.0 Å². The lowest BCUT2D eigenvalue weighted by Crippen LogP contribution is -3.00. The molecule has 0 saturated heterocycles. The van der Waals surface area contributed by atoms with Gasteiger partial charge in [-0.3, -0.25) is 0 Å². The predicted octanol–water partition coefficient (Wildman–Crippen LogP) is -3.01. The van der Waals surface area contributed by atoms with Gasteiger partial charge in [-0.1, -0.05) is 21.4 Å². The lowest BCUT2D eigenvalue weighted by Gasteiger charge is -1.90. The van der Waals surface area contributed by atoms with Crippen molar-refractivity contribution in [1.29, 1.82) is 0 Å². The molecule has 7 heteroatoms. The van der Waals surface area contributed by atoms with Crippen molar-refractivity contribution in [1.82, 2.24) is 4.98 Å². The highest BCUT2D eigenvalue weighted by Gasteiger charge is 2.15. The molecule has 1 aromatic heterocycles. The first-order valence-electron chi connectivity index (χ1n) is 2.68. The fourth-order valence-corrected chi connectivity index (χ4v) is 1.21. The van der Waals surface area contributed by atoms with Gasteiger partial charge in [0.1, 0.15) is 0 Å². The molecule has 0 spiro atoms. The number of rotatable bonds is 1. The molecule has 0 aliphatic carbocycles. The molecule has 2 heterocycles. The van der Waals surface area contributed by atoms with Gasteiger partial charge < -0.3 is 17.0 Å². The van der Waals surface area contributed by atoms with Gasteiger partial charge >= 0.3 is 5.13 Å². The van der Waals surface area contributed by atoms with Crippen LogP contribution in [0.1, 0.15) is 0 Å². The van der Waals surface area contributed by atoms with Crippen molar-refractivity contribution >= 4 is 22.8 Å². The number of nitrogens with one attached hydrogen (secondary N) is 1. The van der Waals surface area contributed by atoms with Gasteiger partial charge in [0.25, 0.3) is 0 Å². The maximum Gasteiger partial charge on any atom is 0.318 e. The van der Waals surface area contributed by atoms with Gasteiger partial charge in [-0.2, -0.15) is 4.98 Å². The number of quaternary nitrogens is 1. The molecule has 0 aromatic carbocycles. The summed E-state index contributed by atoms with van der Waals surface area (Å²) in [4.78, 5) is 4.03. The molecule has 0 fully saturated rings. The number of nitrogens with zero attached hydrogens (tertiary/aromatic N) is 4. The molecule has 1 atom stereocenters. The van der Waals surface area contributed by atoms with E-state index in [0.717, 1.165) is 10.1 Å². The molecule has 0 saturated carbocycles. The highest BCUT2D eigenvalue weighted by atomic mass is 79.9. The van der Waals surface area contributed by atoms with E-state index < -0.39 is 0 Å². The number of aromatic nitrogens is 1. The molecule has 5 nitrogen and oxygen atoms in total. The van der Waals surface area contributed by atoms with E-state index in [1.165, 1.54) is 11.3 Å². The van der Waals surface area contributed by atoms with Crippen molar-refractivity contribution in [2.75, 3.05) is 0 Å². The first-order chi connectivity index (χ1) is 4.97. The van der Waals surface area contributed by atoms with Crippen LogP contribution in [0.4, 0.5) is 5.13 Å². The summed E-state index contributed by atoms with van der Waals surface area (Å²) in [5, 5.41) is 14.3. The van der Waals surface area contributed by atoms with Crippen molar-refractivity contribution in [2.24, 2.45) is 15.5 Å². The minimum atomic E-state index is 0. The highest BCUT2D eigenvalue weighted by molar-refractivity contribution is 7.12. The van der Waals surface area contributed by atoms with Crippen LogP contribution < -0.4 is 22.0 Å². The normalized spacial score (nSPS) is 20.2. The smallest absolute Gasteiger partial charge is 0.318 e. The van der Waals surface area contributed by atoms with Crippen LogP contribution in [0, 0.1) is 0 Å². The Balaban J connectivity index is 0.000000605. The zero-order valence-corrected chi connectivity index (χ0v) is 7.71. The van der Waals surface area contributed by atoms with Crippen LogP contribution in [0.2, 0.25) is 0 Å². The van der Waals surface area contributed by atoms with Crippen LogP contribution in [0.5, 0.6) is 0 Å². The topological polar surface area (TPSA) is 54.4 Å². The molecule has 0 amide bonds. The van der Waals surface area contributed by atoms with Gasteiger partial charge in [0, 0.05) is 16.8 Å². The fraction of sp³-hybridized carbons (Fsp3) is 0. The minimum absolute atomic E-state index is 0. The Morgan fingerprint density at radius 3 is 2.91 bits per heavy atom. The monoisotopic (exact) mass is 233 g/mol. The minimum Gasteiger partial charge on any atom is -1.00 e. The Kier molecular flexibility index (Phi) is 2.80. The second-order valence-electron chi connectivity index (χ2n) is 1.66. The van der Waals surface area contributed by atoms with Crippen LogP contribution in [0.15, 0.2) is 27.1 Å². The van der Waals surface area contributed by atoms with Crippen LogP contribution in [-0.4, -0.2) is 11.3 Å². The largest absolute Gasteiger partial charge is 1.00 e. The van der Waals surface area contributed by atoms with Gasteiger partial charge in [-0.15, -0.1) is 0 Å². The predicted molar refractivity (Wildman–Crippen MR) is 36.1 cm³/mol. The summed E-state index contributed by atoms with van der Waals surface area (Å²) in [6, 6.07) is 0. The maximum absolute atomic E-state index is 4.03. The molecule has 58 valence electrons. The first-order valence-corrected chi connectivity index (χ1v) is 3.56. The molecule has 2 rings (SSSR count). The fourth-order valence-electron chi connectivity index (χ4n) is 0.628. The summed E-state index contributed by atoms with van der Waals surface area (Å²) in [6.45, 7) is 0. The molecular weight excluding hydrogens is 230 g/mol. The lowest BCUT2D eigenvalue weighted by atomic mass is 11.0. The summed E-state index contributed by atoms with van der Waals surface area (Å²) >= 11 is 1.53. The van der Waals surface area contributed by atoms with Gasteiger partial charge in [0.2, 0.25) is 6.34 Å². The molecule has 1 aliphatic rings. The van der Waals surface area contributed by atoms with E-state index in [1.54, 1.807) is 12.5 Å². The molecule has 1 unspecified atom stereocenters. The third-order valence-corrected chi connectivity index (χ3v) is 1.83. The Hall–Kier alpha value is -0.660. The molecule has 1 aromatic rings. The van der Waals surface area contributed by atoms with Crippen LogP contribution in [0.3, 0.4) is 0 Å². The van der Waals surface area contributed by atoms with Crippen molar-refractivity contribution in [3.05, 3.63) is 11.6 Å². The average Bonchev–Trinajstić information content (AvgIpc) is 2.59. The molecule has 11 heavy (non-hydrogen) atoms. The zero-order valence-electron chi connectivity index (χ0n) is 5.31. The Morgan fingerprint density at radius 1 is 1.45 bits per heavy atom. The Bertz CT molecular complexity index is 256. The molecule has 0 radical (unpaired) electrons. The van der Waals surface area contributed by atoms with Gasteiger partial charge in [-0.25, -0.2) is 0 Å². The second kappa shape index (κ2) is 3.65. The van der Waals surface area contributed by atoms with Gasteiger partial charge in [-0.05, 0) is 0 Å². The zero-order chi connectivity index (χ0) is 6.81. The second-order valence-corrected chi connectivity index (χ2v) is 2.55. The Morgan fingerprint density at radius 2 is 2.36 bits per heavy atom. The van der Waals surface area contributed by atoms with Crippen LogP contribution >= 0.6 is 11.3 Å². The van der Waals surface area contributed by atoms with Gasteiger partial charge in [0.05, 0.1) is 5.22 Å². The van der Waals surface area contributed by atoms with E-state index in [4.69, 9.17) is 0 Å². The maximum atomic E-state index is 4.03. The van der Waals surface area contributed by atoms with E-state index in [0.29, 0.717) is 0 Å². The SMILES string of the molecule is C1=NN=N[NH+]1c1nccs1.[Br-]. The summed E-state index contributed by atoms with van der Waals surface area (Å²) in [6.07, 6.45) is 3.33. The third kappa shape index (κ3) is 1.67. The number of hydrogen-bond donors (Lipinski definition) is 1. The van der Waals surface area contributed by atoms with Crippen LogP contribution in [0.25, 0.3) is 0 Å². The van der Waals surface area contributed by atoms with E-state index in [9.17, 15) is 0 Å². The number of thiazole rings is 1. The summed E-state index contributed by atoms with van der Waals surface area (Å²) in [5.74, 6) is 0. The summed E-state index contributed by atoms with van der Waals surface area (Å²) in [7, 11) is 0. The van der Waals surface area contributed by atoms with E-state index in [2.05, 4.69) is 20.5 Å². The summed E-state index contributed by atoms with van der Waals surface area (Å²) in [5.41, 5.74) is 0. The standard InChI is InChI=1S/C4H3N5S.BrH/c1-2-10-4(5-1)9-3-6-7-8-9;/h1-3H;1H. The van der Waals surface area contributed by atoms with Crippen molar-refractivity contribution in [3.8, 4) is 0 Å². The van der Waals surface area contributed by atoms with Crippen molar-refractivity contribution in [3.63, 3.8) is 0 Å². The third-order valence-electron chi connectivity index (χ3n) is 1.04. The number of hydrogen-bond acceptors (Lipinski definition) is 5. The van der Waals surface area contributed by atoms with E-state index >= 15 is 0 Å². The summed E-state index contributed by atoms with van der Waals surface area (Å²) < 4.78 is 0. The lowest BCUT2D eigenvalue weighted by molar-refractivity contribution is -0.732. The van der Waals surface area contributed by atoms with E-state index in [1.807, 2.05) is 5.38 Å². The molecule has 0 bridgehead atoms.